The number of halogens is 2. The predicted molar refractivity (Wildman–Crippen MR) is 178 cm³/mol. The van der Waals surface area contributed by atoms with Gasteiger partial charge in [-0.15, -0.1) is 0 Å². The Morgan fingerprint density at radius 2 is 1.74 bits per heavy atom. The molecule has 1 aliphatic rings. The zero-order chi connectivity index (χ0) is 32.7. The standard InChI is InChI=1S/C33H27BrClN9O3/c1-21(25-5-2-3-6-28(25)43-20-36-19-38-43)39-31(45)30-29-18-40(32(46)22-7-12-26(34)27(35)17-22)15-16-41(29)33(47)44(30)24-10-8-23(9-11-24)42-14-4-13-37-42/h2-14,17,19-21H,15-16,18H2,1H3,(H,39,45)/t21-/m0/s1. The molecule has 1 N–H and O–H groups in total. The summed E-state index contributed by atoms with van der Waals surface area (Å²) in [5.41, 5.74) is 3.49. The maximum atomic E-state index is 14.3. The van der Waals surface area contributed by atoms with Gasteiger partial charge in [0.15, 0.2) is 0 Å². The topological polar surface area (TPSA) is 125 Å². The van der Waals surface area contributed by atoms with Crippen LogP contribution in [-0.2, 0) is 13.1 Å². The van der Waals surface area contributed by atoms with Crippen LogP contribution in [0.4, 0.5) is 0 Å². The molecule has 0 fully saturated rings. The van der Waals surface area contributed by atoms with E-state index < -0.39 is 11.9 Å². The van der Waals surface area contributed by atoms with E-state index >= 15 is 0 Å². The van der Waals surface area contributed by atoms with Crippen LogP contribution in [-0.4, -0.2) is 56.9 Å². The minimum Gasteiger partial charge on any atom is -0.344 e. The second kappa shape index (κ2) is 12.5. The number of carbonyl (C=O) groups excluding carboxylic acids is 2. The SMILES string of the molecule is C[C@H](NC(=O)c1c2n(c(=O)n1-c1ccc(-n3cccn3)cc1)CCN(C(=O)c1ccc(Br)c(Cl)c1)C2)c1ccccc1-n1cncn1. The quantitative estimate of drug-likeness (QED) is 0.249. The molecule has 0 saturated carbocycles. The Morgan fingerprint density at radius 1 is 0.957 bits per heavy atom. The molecule has 14 heteroatoms. The Morgan fingerprint density at radius 3 is 2.47 bits per heavy atom. The summed E-state index contributed by atoms with van der Waals surface area (Å²) in [5.74, 6) is -0.718. The summed E-state index contributed by atoms with van der Waals surface area (Å²) in [6.45, 7) is 2.41. The lowest BCUT2D eigenvalue weighted by Gasteiger charge is -2.28. The number of hydrogen-bond donors (Lipinski definition) is 1. The molecule has 236 valence electrons. The van der Waals surface area contributed by atoms with Crippen molar-refractivity contribution >= 4 is 39.3 Å². The zero-order valence-corrected chi connectivity index (χ0v) is 27.3. The molecule has 1 atom stereocenters. The molecule has 2 amide bonds. The first-order valence-corrected chi connectivity index (χ1v) is 15.9. The zero-order valence-electron chi connectivity index (χ0n) is 25.0. The van der Waals surface area contributed by atoms with E-state index in [1.807, 2.05) is 55.6 Å². The summed E-state index contributed by atoms with van der Waals surface area (Å²) in [6, 6.07) is 21.1. The van der Waals surface area contributed by atoms with Crippen molar-refractivity contribution in [1.29, 1.82) is 0 Å². The second-order valence-corrected chi connectivity index (χ2v) is 12.2. The van der Waals surface area contributed by atoms with Crippen LogP contribution in [0.1, 0.15) is 45.1 Å². The van der Waals surface area contributed by atoms with Gasteiger partial charge in [0.25, 0.3) is 11.8 Å². The molecule has 0 unspecified atom stereocenters. The monoisotopic (exact) mass is 711 g/mol. The van der Waals surface area contributed by atoms with Gasteiger partial charge in [0, 0.05) is 35.5 Å². The highest BCUT2D eigenvalue weighted by atomic mass is 79.9. The molecule has 0 bridgehead atoms. The summed E-state index contributed by atoms with van der Waals surface area (Å²) >= 11 is 9.66. The molecule has 12 nitrogen and oxygen atoms in total. The predicted octanol–water partition coefficient (Wildman–Crippen LogP) is 4.97. The number of hydrogen-bond acceptors (Lipinski definition) is 6. The number of imidazole rings is 1. The summed E-state index contributed by atoms with van der Waals surface area (Å²) < 4.78 is 7.00. The highest BCUT2D eigenvalue weighted by Gasteiger charge is 2.33. The van der Waals surface area contributed by atoms with Gasteiger partial charge in [0.05, 0.1) is 40.4 Å². The Balaban J connectivity index is 1.28. The van der Waals surface area contributed by atoms with Crippen LogP contribution in [0.15, 0.2) is 107 Å². The van der Waals surface area contributed by atoms with Crippen molar-refractivity contribution in [3.05, 3.63) is 140 Å². The summed E-state index contributed by atoms with van der Waals surface area (Å²) in [4.78, 5) is 47.7. The third-order valence-corrected chi connectivity index (χ3v) is 9.37. The Kier molecular flexibility index (Phi) is 8.08. The average Bonchev–Trinajstić information content (AvgIpc) is 3.88. The van der Waals surface area contributed by atoms with Gasteiger partial charge in [-0.3, -0.25) is 18.7 Å². The van der Waals surface area contributed by atoms with E-state index in [1.165, 1.54) is 10.9 Å². The number of para-hydroxylation sites is 1. The summed E-state index contributed by atoms with van der Waals surface area (Å²) in [5, 5.41) is 12.0. The minimum absolute atomic E-state index is 0.0484. The lowest BCUT2D eigenvalue weighted by molar-refractivity contribution is 0.0706. The van der Waals surface area contributed by atoms with Gasteiger partial charge in [-0.1, -0.05) is 29.8 Å². The molecule has 0 saturated heterocycles. The molecule has 1 aliphatic heterocycles. The van der Waals surface area contributed by atoms with Gasteiger partial charge >= 0.3 is 5.69 Å². The van der Waals surface area contributed by atoms with Gasteiger partial charge in [-0.2, -0.15) is 10.2 Å². The Bertz CT molecular complexity index is 2160. The highest BCUT2D eigenvalue weighted by molar-refractivity contribution is 9.10. The maximum Gasteiger partial charge on any atom is 0.333 e. The third-order valence-electron chi connectivity index (χ3n) is 8.14. The maximum absolute atomic E-state index is 14.3. The molecule has 3 aromatic heterocycles. The number of fused-ring (bicyclic) bond motifs is 1. The number of amides is 2. The van der Waals surface area contributed by atoms with Crippen molar-refractivity contribution in [3.63, 3.8) is 0 Å². The number of nitrogens with zero attached hydrogens (tertiary/aromatic N) is 8. The molecule has 6 aromatic rings. The van der Waals surface area contributed by atoms with Crippen LogP contribution >= 0.6 is 27.5 Å². The van der Waals surface area contributed by atoms with E-state index in [-0.39, 0.29) is 36.9 Å². The van der Waals surface area contributed by atoms with Crippen LogP contribution in [0.2, 0.25) is 5.02 Å². The van der Waals surface area contributed by atoms with Crippen molar-refractivity contribution in [2.75, 3.05) is 6.54 Å². The van der Waals surface area contributed by atoms with Crippen molar-refractivity contribution in [2.24, 2.45) is 0 Å². The minimum atomic E-state index is -0.476. The fourth-order valence-electron chi connectivity index (χ4n) is 5.83. The van der Waals surface area contributed by atoms with Crippen LogP contribution in [0.5, 0.6) is 0 Å². The highest BCUT2D eigenvalue weighted by Crippen LogP contribution is 2.27. The first-order chi connectivity index (χ1) is 22.8. The van der Waals surface area contributed by atoms with Crippen LogP contribution < -0.4 is 11.0 Å². The number of carbonyl (C=O) groups is 2. The number of rotatable bonds is 7. The first-order valence-electron chi connectivity index (χ1n) is 14.7. The van der Waals surface area contributed by atoms with Crippen molar-refractivity contribution < 1.29 is 9.59 Å². The Labute approximate surface area is 282 Å². The molecular weight excluding hydrogens is 686 g/mol. The average molecular weight is 713 g/mol. The molecule has 0 radical (unpaired) electrons. The van der Waals surface area contributed by atoms with Crippen LogP contribution in [0.25, 0.3) is 17.1 Å². The molecule has 47 heavy (non-hydrogen) atoms. The first kappa shape index (κ1) is 30.4. The molecule has 4 heterocycles. The Hall–Kier alpha value is -5.27. The molecular formula is C33H27BrClN9O3. The van der Waals surface area contributed by atoms with Crippen molar-refractivity contribution in [3.8, 4) is 17.1 Å². The van der Waals surface area contributed by atoms with E-state index in [9.17, 15) is 14.4 Å². The largest absolute Gasteiger partial charge is 0.344 e. The van der Waals surface area contributed by atoms with E-state index in [1.54, 1.807) is 61.7 Å². The van der Waals surface area contributed by atoms with E-state index in [2.05, 4.69) is 36.4 Å². The lowest BCUT2D eigenvalue weighted by atomic mass is 10.1. The fourth-order valence-corrected chi connectivity index (χ4v) is 6.26. The molecule has 3 aromatic carbocycles. The van der Waals surface area contributed by atoms with Gasteiger partial charge in [-0.25, -0.2) is 19.1 Å². The number of nitrogens with one attached hydrogen (secondary N) is 1. The molecule has 0 spiro atoms. The summed E-state index contributed by atoms with van der Waals surface area (Å²) in [7, 11) is 0. The fraction of sp³-hybridized carbons (Fsp3) is 0.152. The van der Waals surface area contributed by atoms with Crippen molar-refractivity contribution in [1.82, 2.24) is 43.9 Å². The second-order valence-electron chi connectivity index (χ2n) is 11.0. The van der Waals surface area contributed by atoms with Crippen LogP contribution in [0.3, 0.4) is 0 Å². The van der Waals surface area contributed by atoms with Crippen LogP contribution in [0, 0.1) is 0 Å². The third kappa shape index (κ3) is 5.68. The normalized spacial score (nSPS) is 13.3. The molecule has 0 aliphatic carbocycles. The molecule has 7 rings (SSSR count). The van der Waals surface area contributed by atoms with E-state index in [4.69, 9.17) is 11.6 Å². The van der Waals surface area contributed by atoms with E-state index in [0.29, 0.717) is 26.4 Å². The lowest BCUT2D eigenvalue weighted by Crippen LogP contribution is -2.41. The number of aromatic nitrogens is 7. The number of benzene rings is 3. The van der Waals surface area contributed by atoms with Crippen molar-refractivity contribution in [2.45, 2.75) is 26.1 Å². The van der Waals surface area contributed by atoms with Gasteiger partial charge in [0.2, 0.25) is 0 Å². The smallest absolute Gasteiger partial charge is 0.333 e. The van der Waals surface area contributed by atoms with Gasteiger partial charge < -0.3 is 10.2 Å². The van der Waals surface area contributed by atoms with Gasteiger partial charge in [-0.05, 0) is 83.0 Å². The summed E-state index contributed by atoms with van der Waals surface area (Å²) in [6.07, 6.45) is 6.53. The van der Waals surface area contributed by atoms with Gasteiger partial charge in [0.1, 0.15) is 18.3 Å². The van der Waals surface area contributed by atoms with E-state index in [0.717, 1.165) is 16.9 Å².